The third kappa shape index (κ3) is 3.09. The molecule has 1 unspecified atom stereocenters. The molecule has 2 aromatic heterocycles. The first-order valence-corrected chi connectivity index (χ1v) is 10.6. The quantitative estimate of drug-likeness (QED) is 0.511. The van der Waals surface area contributed by atoms with Crippen molar-refractivity contribution < 1.29 is 8.78 Å². The first-order chi connectivity index (χ1) is 15.5. The van der Waals surface area contributed by atoms with E-state index < -0.39 is 11.6 Å². The summed E-state index contributed by atoms with van der Waals surface area (Å²) >= 11 is 0. The zero-order chi connectivity index (χ0) is 22.4. The van der Waals surface area contributed by atoms with Crippen LogP contribution in [-0.4, -0.2) is 36.6 Å². The highest BCUT2D eigenvalue weighted by Crippen LogP contribution is 2.50. The summed E-state index contributed by atoms with van der Waals surface area (Å²) in [6.07, 6.45) is 6.25. The largest absolute Gasteiger partial charge is 0.388 e. The topological polar surface area (TPSA) is 90.9 Å². The minimum Gasteiger partial charge on any atom is -0.388 e. The Morgan fingerprint density at radius 3 is 2.81 bits per heavy atom. The first-order valence-electron chi connectivity index (χ1n) is 10.6. The smallest absolute Gasteiger partial charge is 0.167 e. The minimum absolute atomic E-state index is 0.259. The normalized spacial score (nSPS) is 16.6. The third-order valence-electron chi connectivity index (χ3n) is 6.43. The Morgan fingerprint density at radius 1 is 1.25 bits per heavy atom. The van der Waals surface area contributed by atoms with E-state index in [2.05, 4.69) is 26.3 Å². The molecule has 1 aromatic carbocycles. The van der Waals surface area contributed by atoms with Gasteiger partial charge in [0.15, 0.2) is 11.6 Å². The van der Waals surface area contributed by atoms with Gasteiger partial charge in [-0.05, 0) is 30.5 Å². The summed E-state index contributed by atoms with van der Waals surface area (Å²) in [4.78, 5) is 11.0. The van der Waals surface area contributed by atoms with Crippen molar-refractivity contribution in [1.29, 1.82) is 5.26 Å². The van der Waals surface area contributed by atoms with Crippen molar-refractivity contribution in [3.05, 3.63) is 59.2 Å². The molecule has 1 aliphatic carbocycles. The Balaban J connectivity index is 1.80. The van der Waals surface area contributed by atoms with Crippen molar-refractivity contribution in [2.45, 2.75) is 12.8 Å². The molecule has 3 aromatic rings. The monoisotopic (exact) mass is 432 g/mol. The Kier molecular flexibility index (Phi) is 4.98. The number of hydrogen-bond donors (Lipinski definition) is 2. The van der Waals surface area contributed by atoms with Crippen LogP contribution in [0.15, 0.2) is 30.7 Å². The molecule has 1 atom stereocenters. The number of benzene rings is 1. The third-order valence-corrected chi connectivity index (χ3v) is 6.43. The highest BCUT2D eigenvalue weighted by atomic mass is 19.2. The molecule has 0 bridgehead atoms. The molecule has 0 saturated carbocycles. The fraction of sp³-hybridized carbons (Fsp3) is 0.292. The Morgan fingerprint density at radius 2 is 2.09 bits per heavy atom. The van der Waals surface area contributed by atoms with Crippen LogP contribution in [0.3, 0.4) is 0 Å². The molecule has 1 saturated heterocycles. The highest BCUT2D eigenvalue weighted by Gasteiger charge is 2.35. The molecule has 8 heteroatoms. The van der Waals surface area contributed by atoms with Gasteiger partial charge in [-0.3, -0.25) is 9.97 Å². The van der Waals surface area contributed by atoms with E-state index in [1.165, 1.54) is 12.3 Å². The van der Waals surface area contributed by atoms with Gasteiger partial charge >= 0.3 is 0 Å². The standard InChI is InChI=1S/C24H22F2N6/c1-29-19-6-18(25)23(26)21-16(19)5-20-22(21)24(32-3-2-13(7-27)12-32)17(11-31-20)15-4-14(8-28)9-30-10-15/h4,6,9-11,13,29H,2-3,5,7,12,27H2,1H3. The lowest BCUT2D eigenvalue weighted by Gasteiger charge is -2.26. The average molecular weight is 432 g/mol. The molecule has 1 aliphatic heterocycles. The number of pyridine rings is 2. The highest BCUT2D eigenvalue weighted by molar-refractivity contribution is 5.96. The van der Waals surface area contributed by atoms with E-state index in [0.29, 0.717) is 52.5 Å². The zero-order valence-corrected chi connectivity index (χ0v) is 17.6. The lowest BCUT2D eigenvalue weighted by atomic mass is 9.97. The van der Waals surface area contributed by atoms with Crippen LogP contribution < -0.4 is 16.0 Å². The van der Waals surface area contributed by atoms with Crippen LogP contribution >= 0.6 is 0 Å². The second-order valence-electron chi connectivity index (χ2n) is 8.25. The Hall–Kier alpha value is -3.57. The number of anilines is 2. The number of hydrogen-bond acceptors (Lipinski definition) is 6. The number of nitriles is 1. The number of nitrogens with one attached hydrogen (secondary N) is 1. The van der Waals surface area contributed by atoms with Crippen molar-refractivity contribution in [2.24, 2.45) is 11.7 Å². The maximum Gasteiger partial charge on any atom is 0.167 e. The number of nitrogens with two attached hydrogens (primary N) is 1. The molecule has 3 heterocycles. The molecular formula is C24H22F2N6. The van der Waals surface area contributed by atoms with Crippen LogP contribution in [0.1, 0.15) is 23.2 Å². The van der Waals surface area contributed by atoms with Gasteiger partial charge in [0.2, 0.25) is 0 Å². The number of fused-ring (bicyclic) bond motifs is 3. The van der Waals surface area contributed by atoms with E-state index in [-0.39, 0.29) is 5.56 Å². The van der Waals surface area contributed by atoms with Gasteiger partial charge in [0.1, 0.15) is 6.07 Å². The van der Waals surface area contributed by atoms with Gasteiger partial charge in [0, 0.05) is 79.2 Å². The summed E-state index contributed by atoms with van der Waals surface area (Å²) < 4.78 is 29.8. The van der Waals surface area contributed by atoms with Crippen LogP contribution in [0.4, 0.5) is 20.2 Å². The minimum atomic E-state index is -0.897. The Labute approximate surface area is 184 Å². The molecule has 2 aliphatic rings. The molecule has 0 amide bonds. The van der Waals surface area contributed by atoms with Crippen molar-refractivity contribution in [3.8, 4) is 28.3 Å². The van der Waals surface area contributed by atoms with Crippen LogP contribution in [0.2, 0.25) is 0 Å². The number of halogens is 2. The van der Waals surface area contributed by atoms with Gasteiger partial charge in [-0.25, -0.2) is 8.78 Å². The van der Waals surface area contributed by atoms with Crippen LogP contribution in [0, 0.1) is 28.9 Å². The Bertz CT molecular complexity index is 1270. The summed E-state index contributed by atoms with van der Waals surface area (Å²) in [5.74, 6) is -1.44. The molecule has 0 radical (unpaired) electrons. The maximum absolute atomic E-state index is 15.2. The van der Waals surface area contributed by atoms with Crippen molar-refractivity contribution in [2.75, 3.05) is 36.9 Å². The van der Waals surface area contributed by atoms with Crippen molar-refractivity contribution in [3.63, 3.8) is 0 Å². The molecule has 1 fully saturated rings. The van der Waals surface area contributed by atoms with Gasteiger partial charge < -0.3 is 16.0 Å². The molecule has 32 heavy (non-hydrogen) atoms. The van der Waals surface area contributed by atoms with E-state index in [4.69, 9.17) is 5.73 Å². The second kappa shape index (κ2) is 7.84. The van der Waals surface area contributed by atoms with Crippen LogP contribution in [0.5, 0.6) is 0 Å². The van der Waals surface area contributed by atoms with Gasteiger partial charge in [0.25, 0.3) is 0 Å². The average Bonchev–Trinajstić information content (AvgIpc) is 3.46. The lowest BCUT2D eigenvalue weighted by Crippen LogP contribution is -2.24. The predicted molar refractivity (Wildman–Crippen MR) is 119 cm³/mol. The molecule has 3 N–H and O–H groups in total. The van der Waals surface area contributed by atoms with E-state index in [1.807, 2.05) is 0 Å². The summed E-state index contributed by atoms with van der Waals surface area (Å²) in [5, 5.41) is 12.3. The van der Waals surface area contributed by atoms with E-state index in [9.17, 15) is 9.65 Å². The first kappa shape index (κ1) is 20.3. The maximum atomic E-state index is 15.2. The van der Waals surface area contributed by atoms with Gasteiger partial charge in [-0.2, -0.15) is 5.26 Å². The number of aromatic nitrogens is 2. The molecule has 6 nitrogen and oxygen atoms in total. The van der Waals surface area contributed by atoms with Gasteiger partial charge in [-0.1, -0.05) is 0 Å². The summed E-state index contributed by atoms with van der Waals surface area (Å²) in [5.41, 5.74) is 11.4. The zero-order valence-electron chi connectivity index (χ0n) is 17.6. The predicted octanol–water partition coefficient (Wildman–Crippen LogP) is 3.69. The van der Waals surface area contributed by atoms with Crippen molar-refractivity contribution >= 4 is 11.4 Å². The van der Waals surface area contributed by atoms with Crippen LogP contribution in [0.25, 0.3) is 22.3 Å². The summed E-state index contributed by atoms with van der Waals surface area (Å²) in [6.45, 7) is 2.03. The number of rotatable bonds is 4. The second-order valence-corrected chi connectivity index (χ2v) is 8.25. The van der Waals surface area contributed by atoms with E-state index in [1.54, 1.807) is 25.5 Å². The SMILES string of the molecule is CNc1cc(F)c(F)c2c1Cc1ncc(-c3cncc(C#N)c3)c(N3CCC(CN)C3)c1-2. The molecular weight excluding hydrogens is 410 g/mol. The van der Waals surface area contributed by atoms with E-state index >= 15 is 4.39 Å². The number of nitrogens with zero attached hydrogens (tertiary/aromatic N) is 4. The molecule has 5 rings (SSSR count). The van der Waals surface area contributed by atoms with Gasteiger partial charge in [0.05, 0.1) is 16.9 Å². The van der Waals surface area contributed by atoms with Gasteiger partial charge in [-0.15, -0.1) is 0 Å². The van der Waals surface area contributed by atoms with Crippen molar-refractivity contribution in [1.82, 2.24) is 9.97 Å². The molecule has 0 spiro atoms. The molecule has 162 valence electrons. The summed E-state index contributed by atoms with van der Waals surface area (Å²) in [6, 6.07) is 5.05. The fourth-order valence-electron chi connectivity index (χ4n) is 4.85. The fourth-order valence-corrected chi connectivity index (χ4v) is 4.85. The summed E-state index contributed by atoms with van der Waals surface area (Å²) in [7, 11) is 1.70. The van der Waals surface area contributed by atoms with E-state index in [0.717, 1.165) is 30.8 Å². The lowest BCUT2D eigenvalue weighted by molar-refractivity contribution is 0.511. The van der Waals surface area contributed by atoms with Crippen LogP contribution in [-0.2, 0) is 6.42 Å².